The Morgan fingerprint density at radius 1 is 1.21 bits per heavy atom. The summed E-state index contributed by atoms with van der Waals surface area (Å²) in [6.45, 7) is 7.45. The predicted octanol–water partition coefficient (Wildman–Crippen LogP) is 4.29. The normalized spacial score (nSPS) is 20.2. The summed E-state index contributed by atoms with van der Waals surface area (Å²) in [4.78, 5) is 14.2. The second kappa shape index (κ2) is 11.8. The van der Waals surface area contributed by atoms with Gasteiger partial charge in [0, 0.05) is 24.4 Å². The number of hydrogen-bond donors (Lipinski definition) is 1. The molecule has 0 spiro atoms. The Morgan fingerprint density at radius 2 is 1.89 bits per heavy atom. The van der Waals surface area contributed by atoms with Gasteiger partial charge in [0.2, 0.25) is 0 Å². The van der Waals surface area contributed by atoms with Crippen LogP contribution in [-0.2, 0) is 25.0 Å². The lowest BCUT2D eigenvalue weighted by Crippen LogP contribution is -2.53. The summed E-state index contributed by atoms with van der Waals surface area (Å²) in [6, 6.07) is 9.38. The van der Waals surface area contributed by atoms with Crippen LogP contribution in [0, 0.1) is 0 Å². The minimum Gasteiger partial charge on any atom is -0.445 e. The molecule has 1 amide bonds. The van der Waals surface area contributed by atoms with E-state index in [1.807, 2.05) is 30.3 Å². The lowest BCUT2D eigenvalue weighted by molar-refractivity contribution is 0.0845. The summed E-state index contributed by atoms with van der Waals surface area (Å²) < 4.78 is 29.1. The van der Waals surface area contributed by atoms with Gasteiger partial charge < -0.3 is 9.64 Å². The van der Waals surface area contributed by atoms with Crippen LogP contribution in [0.15, 0.2) is 30.3 Å². The Hall–Kier alpha value is -1.05. The third kappa shape index (κ3) is 7.08. The van der Waals surface area contributed by atoms with Crippen molar-refractivity contribution in [1.82, 2.24) is 9.99 Å². The van der Waals surface area contributed by atoms with Crippen molar-refractivity contribution in [1.29, 1.82) is 0 Å². The van der Waals surface area contributed by atoms with E-state index in [2.05, 4.69) is 12.0 Å². The van der Waals surface area contributed by atoms with E-state index >= 15 is 0 Å². The van der Waals surface area contributed by atoms with Crippen LogP contribution in [0.5, 0.6) is 0 Å². The largest absolute Gasteiger partial charge is 0.445 e. The van der Waals surface area contributed by atoms with Crippen LogP contribution in [0.3, 0.4) is 0 Å². The fourth-order valence-electron chi connectivity index (χ4n) is 3.10. The minimum absolute atomic E-state index is 0.202. The highest BCUT2D eigenvalue weighted by molar-refractivity contribution is 7.99. The summed E-state index contributed by atoms with van der Waals surface area (Å²) in [6.07, 6.45) is 0.424. The maximum Gasteiger partial charge on any atom is 0.410 e. The molecule has 0 saturated carbocycles. The molecule has 1 aromatic rings. The van der Waals surface area contributed by atoms with Crippen molar-refractivity contribution in [3.63, 3.8) is 0 Å². The van der Waals surface area contributed by atoms with Gasteiger partial charge in [-0.1, -0.05) is 37.3 Å². The molecule has 2 atom stereocenters. The van der Waals surface area contributed by atoms with Gasteiger partial charge in [0.1, 0.15) is 6.61 Å². The summed E-state index contributed by atoms with van der Waals surface area (Å²) in [5, 5.41) is 3.29. The molecule has 1 fully saturated rings. The predicted molar refractivity (Wildman–Crippen MR) is 113 cm³/mol. The van der Waals surface area contributed by atoms with Crippen molar-refractivity contribution in [2.75, 3.05) is 32.1 Å². The lowest BCUT2D eigenvalue weighted by Gasteiger charge is -2.39. The molecule has 9 heteroatoms. The van der Waals surface area contributed by atoms with Crippen LogP contribution in [0.25, 0.3) is 0 Å². The van der Waals surface area contributed by atoms with Crippen molar-refractivity contribution in [2.45, 2.75) is 45.1 Å². The van der Waals surface area contributed by atoms with Gasteiger partial charge in [0.15, 0.2) is 0 Å². The van der Waals surface area contributed by atoms with Gasteiger partial charge in [-0.25, -0.2) is 14.4 Å². The number of hydrogen-bond acceptors (Lipinski definition) is 6. The molecule has 1 saturated heterocycles. The fourth-order valence-corrected chi connectivity index (χ4v) is 5.86. The standard InChI is InChI=1S/C19H31N2O5PS/c1-4-25-27(23,26-5-2)20-17-14-21(13-12-18(17)28-6-3)19(22)24-15-16-10-8-7-9-11-16/h7-11,17-18H,4-6,12-15H2,1-3H3,(H,20,23)/t17-,18-/m1/s1. The molecule has 28 heavy (non-hydrogen) atoms. The molecular formula is C19H31N2O5PS. The Bertz CT molecular complexity index is 638. The fraction of sp³-hybridized carbons (Fsp3) is 0.632. The molecule has 7 nitrogen and oxygen atoms in total. The Labute approximate surface area is 172 Å². The number of thioether (sulfide) groups is 1. The molecule has 0 aromatic heterocycles. The van der Waals surface area contributed by atoms with E-state index in [1.54, 1.807) is 30.5 Å². The molecule has 1 aliphatic heterocycles. The highest BCUT2D eigenvalue weighted by atomic mass is 32.2. The number of piperidine rings is 1. The first-order valence-electron chi connectivity index (χ1n) is 9.75. The van der Waals surface area contributed by atoms with Crippen LogP contribution < -0.4 is 5.09 Å². The van der Waals surface area contributed by atoms with Crippen LogP contribution >= 0.6 is 19.5 Å². The number of benzene rings is 1. The summed E-state index contributed by atoms with van der Waals surface area (Å²) in [5.41, 5.74) is 0.944. The molecule has 2 rings (SSSR count). The van der Waals surface area contributed by atoms with E-state index in [-0.39, 0.29) is 37.2 Å². The Kier molecular flexibility index (Phi) is 9.82. The molecule has 1 heterocycles. The maximum absolute atomic E-state index is 12.9. The van der Waals surface area contributed by atoms with Gasteiger partial charge in [0.05, 0.1) is 13.2 Å². The average molecular weight is 431 g/mol. The zero-order valence-electron chi connectivity index (χ0n) is 16.8. The van der Waals surface area contributed by atoms with Gasteiger partial charge in [-0.3, -0.25) is 9.05 Å². The van der Waals surface area contributed by atoms with Crippen LogP contribution in [0.4, 0.5) is 4.79 Å². The van der Waals surface area contributed by atoms with Crippen LogP contribution in [0.2, 0.25) is 0 Å². The van der Waals surface area contributed by atoms with Crippen LogP contribution in [0.1, 0.15) is 32.8 Å². The van der Waals surface area contributed by atoms with Gasteiger partial charge >= 0.3 is 13.8 Å². The lowest BCUT2D eigenvalue weighted by atomic mass is 10.1. The number of ether oxygens (including phenoxy) is 1. The number of amides is 1. The van der Waals surface area contributed by atoms with E-state index in [1.165, 1.54) is 0 Å². The third-order valence-electron chi connectivity index (χ3n) is 4.32. The maximum atomic E-state index is 12.9. The van der Waals surface area contributed by atoms with E-state index in [0.29, 0.717) is 13.1 Å². The highest BCUT2D eigenvalue weighted by Crippen LogP contribution is 2.45. The van der Waals surface area contributed by atoms with E-state index in [4.69, 9.17) is 13.8 Å². The topological polar surface area (TPSA) is 77.1 Å². The average Bonchev–Trinajstić information content (AvgIpc) is 2.68. The zero-order valence-corrected chi connectivity index (χ0v) is 18.5. The van der Waals surface area contributed by atoms with Crippen molar-refractivity contribution in [3.05, 3.63) is 35.9 Å². The van der Waals surface area contributed by atoms with Gasteiger partial charge in [-0.15, -0.1) is 0 Å². The smallest absolute Gasteiger partial charge is 0.410 e. The number of carbonyl (C=O) groups is 1. The molecule has 0 bridgehead atoms. The first kappa shape index (κ1) is 23.2. The monoisotopic (exact) mass is 430 g/mol. The van der Waals surface area contributed by atoms with Gasteiger partial charge in [-0.05, 0) is 31.6 Å². The molecular weight excluding hydrogens is 399 g/mol. The number of likely N-dealkylation sites (tertiary alicyclic amines) is 1. The van der Waals surface area contributed by atoms with Gasteiger partial charge in [0.25, 0.3) is 0 Å². The van der Waals surface area contributed by atoms with E-state index in [9.17, 15) is 9.36 Å². The first-order chi connectivity index (χ1) is 13.5. The number of carbonyl (C=O) groups excluding carboxylic acids is 1. The molecule has 1 aliphatic rings. The highest BCUT2D eigenvalue weighted by Gasteiger charge is 2.37. The number of nitrogens with one attached hydrogen (secondary N) is 1. The minimum atomic E-state index is -3.41. The Balaban J connectivity index is 2.00. The number of nitrogens with zero attached hydrogens (tertiary/aromatic N) is 1. The SMILES string of the molecule is CCOP(=O)(N[C@@H]1CN(C(=O)OCc2ccccc2)CC[C@H]1SCC)OCC. The molecule has 1 aromatic carbocycles. The molecule has 1 N–H and O–H groups in total. The zero-order chi connectivity index (χ0) is 20.4. The van der Waals surface area contributed by atoms with Crippen molar-refractivity contribution in [2.24, 2.45) is 0 Å². The van der Waals surface area contributed by atoms with Crippen LogP contribution in [-0.4, -0.2) is 54.3 Å². The molecule has 0 radical (unpaired) electrons. The van der Waals surface area contributed by atoms with Crippen molar-refractivity contribution < 1.29 is 23.1 Å². The Morgan fingerprint density at radius 3 is 2.50 bits per heavy atom. The molecule has 158 valence electrons. The van der Waals surface area contributed by atoms with E-state index < -0.39 is 7.75 Å². The van der Waals surface area contributed by atoms with Gasteiger partial charge in [-0.2, -0.15) is 11.8 Å². The quantitative estimate of drug-likeness (QED) is 0.555. The van der Waals surface area contributed by atoms with E-state index in [0.717, 1.165) is 17.7 Å². The second-order valence-electron chi connectivity index (χ2n) is 6.34. The number of rotatable bonds is 10. The van der Waals surface area contributed by atoms with Crippen molar-refractivity contribution in [3.8, 4) is 0 Å². The second-order valence-corrected chi connectivity index (χ2v) is 9.62. The third-order valence-corrected chi connectivity index (χ3v) is 7.49. The summed E-state index contributed by atoms with van der Waals surface area (Å²) in [7, 11) is -3.41. The summed E-state index contributed by atoms with van der Waals surface area (Å²) in [5.74, 6) is 0.939. The summed E-state index contributed by atoms with van der Waals surface area (Å²) >= 11 is 1.79. The van der Waals surface area contributed by atoms with Crippen molar-refractivity contribution >= 4 is 25.6 Å². The molecule has 0 unspecified atom stereocenters. The first-order valence-corrected chi connectivity index (χ1v) is 12.3. The molecule has 0 aliphatic carbocycles.